The third-order valence-corrected chi connectivity index (χ3v) is 4.58. The lowest BCUT2D eigenvalue weighted by atomic mass is 10.2. The highest BCUT2D eigenvalue weighted by Gasteiger charge is 2.32. The summed E-state index contributed by atoms with van der Waals surface area (Å²) >= 11 is 7.39. The number of aliphatic carboxylic acids is 1. The number of benzene rings is 1. The van der Waals surface area contributed by atoms with E-state index in [0.29, 0.717) is 11.6 Å². The van der Waals surface area contributed by atoms with Gasteiger partial charge in [-0.25, -0.2) is 4.79 Å². The van der Waals surface area contributed by atoms with E-state index >= 15 is 0 Å². The van der Waals surface area contributed by atoms with Gasteiger partial charge in [-0.2, -0.15) is 0 Å². The molecule has 21 heavy (non-hydrogen) atoms. The number of amides is 1. The highest BCUT2D eigenvalue weighted by molar-refractivity contribution is 8.00. The van der Waals surface area contributed by atoms with Crippen LogP contribution in [-0.4, -0.2) is 52.9 Å². The van der Waals surface area contributed by atoms with Crippen LogP contribution in [0.5, 0.6) is 0 Å². The van der Waals surface area contributed by atoms with Crippen molar-refractivity contribution in [3.63, 3.8) is 0 Å². The van der Waals surface area contributed by atoms with Gasteiger partial charge in [0, 0.05) is 11.4 Å². The van der Waals surface area contributed by atoms with Crippen molar-refractivity contribution in [2.24, 2.45) is 0 Å². The molecule has 0 saturated carbocycles. The second-order valence-electron chi connectivity index (χ2n) is 4.79. The largest absolute Gasteiger partial charge is 0.479 e. The Morgan fingerprint density at radius 1 is 1.43 bits per heavy atom. The van der Waals surface area contributed by atoms with E-state index in [1.807, 2.05) is 18.2 Å². The van der Waals surface area contributed by atoms with E-state index in [-0.39, 0.29) is 24.3 Å². The molecule has 0 radical (unpaired) electrons. The zero-order chi connectivity index (χ0) is 15.4. The fourth-order valence-corrected chi connectivity index (χ4v) is 3.23. The van der Waals surface area contributed by atoms with Gasteiger partial charge in [0.25, 0.3) is 0 Å². The molecule has 1 aliphatic heterocycles. The highest BCUT2D eigenvalue weighted by Crippen LogP contribution is 2.27. The lowest BCUT2D eigenvalue weighted by molar-refractivity contribution is -0.165. The summed E-state index contributed by atoms with van der Waals surface area (Å²) in [6.45, 7) is 2.25. The third-order valence-electron chi connectivity index (χ3n) is 3.08. The van der Waals surface area contributed by atoms with Crippen LogP contribution in [-0.2, 0) is 14.3 Å². The van der Waals surface area contributed by atoms with Gasteiger partial charge in [0.15, 0.2) is 6.10 Å². The summed E-state index contributed by atoms with van der Waals surface area (Å²) in [7, 11) is 0. The van der Waals surface area contributed by atoms with Gasteiger partial charge < -0.3 is 14.7 Å². The number of carbonyl (C=O) groups excluding carboxylic acids is 1. The van der Waals surface area contributed by atoms with Crippen LogP contribution < -0.4 is 0 Å². The molecule has 1 N–H and O–H groups in total. The number of carbonyl (C=O) groups is 2. The van der Waals surface area contributed by atoms with E-state index in [2.05, 4.69) is 0 Å². The second kappa shape index (κ2) is 7.15. The molecule has 2 atom stereocenters. The van der Waals surface area contributed by atoms with Crippen molar-refractivity contribution in [1.29, 1.82) is 0 Å². The van der Waals surface area contributed by atoms with Crippen LogP contribution in [0.1, 0.15) is 6.92 Å². The fourth-order valence-electron chi connectivity index (χ4n) is 2.08. The predicted molar refractivity (Wildman–Crippen MR) is 80.7 cm³/mol. The second-order valence-corrected chi connectivity index (χ2v) is 6.22. The molecule has 7 heteroatoms. The van der Waals surface area contributed by atoms with Gasteiger partial charge in [0.1, 0.15) is 0 Å². The van der Waals surface area contributed by atoms with Crippen LogP contribution in [0.4, 0.5) is 0 Å². The Kier molecular flexibility index (Phi) is 5.50. The first-order valence-corrected chi connectivity index (χ1v) is 7.87. The van der Waals surface area contributed by atoms with Crippen LogP contribution in [0.2, 0.25) is 5.02 Å². The van der Waals surface area contributed by atoms with Gasteiger partial charge in [-0.05, 0) is 19.1 Å². The normalized spacial score (nSPS) is 22.1. The topological polar surface area (TPSA) is 66.8 Å². The molecule has 1 fully saturated rings. The molecular formula is C14H16ClNO4S. The standard InChI is InChI=1S/C14H16ClNO4S/c1-9-6-16(7-11(20-9)14(18)19)13(17)8-21-12-5-3-2-4-10(12)15/h2-5,9,11H,6-8H2,1H3,(H,18,19)/t9-,11?/m1/s1. The number of halogens is 1. The maximum absolute atomic E-state index is 12.2. The maximum atomic E-state index is 12.2. The minimum Gasteiger partial charge on any atom is -0.479 e. The van der Waals surface area contributed by atoms with Gasteiger partial charge in [-0.1, -0.05) is 23.7 Å². The average molecular weight is 330 g/mol. The summed E-state index contributed by atoms with van der Waals surface area (Å²) < 4.78 is 5.29. The van der Waals surface area contributed by atoms with E-state index < -0.39 is 12.1 Å². The molecule has 0 aromatic heterocycles. The molecule has 5 nitrogen and oxygen atoms in total. The minimum atomic E-state index is -1.04. The lowest BCUT2D eigenvalue weighted by Crippen LogP contribution is -2.52. The molecule has 1 heterocycles. The Morgan fingerprint density at radius 2 is 2.14 bits per heavy atom. The number of morpholine rings is 1. The Bertz CT molecular complexity index is 539. The molecule has 1 aliphatic rings. The van der Waals surface area contributed by atoms with Crippen LogP contribution in [0, 0.1) is 0 Å². The zero-order valence-corrected chi connectivity index (χ0v) is 13.1. The smallest absolute Gasteiger partial charge is 0.334 e. The van der Waals surface area contributed by atoms with Crippen molar-refractivity contribution in [3.05, 3.63) is 29.3 Å². The van der Waals surface area contributed by atoms with Crippen molar-refractivity contribution in [1.82, 2.24) is 4.90 Å². The summed E-state index contributed by atoms with van der Waals surface area (Å²) in [5, 5.41) is 9.62. The highest BCUT2D eigenvalue weighted by atomic mass is 35.5. The van der Waals surface area contributed by atoms with Crippen LogP contribution in [0.15, 0.2) is 29.2 Å². The molecule has 1 aromatic carbocycles. The number of ether oxygens (including phenoxy) is 1. The van der Waals surface area contributed by atoms with Crippen LogP contribution >= 0.6 is 23.4 Å². The number of carboxylic acid groups (broad SMARTS) is 1. The Morgan fingerprint density at radius 3 is 2.81 bits per heavy atom. The van der Waals surface area contributed by atoms with Crippen molar-refractivity contribution in [3.8, 4) is 0 Å². The number of rotatable bonds is 4. The summed E-state index contributed by atoms with van der Waals surface area (Å²) in [6.07, 6.45) is -1.24. The van der Waals surface area contributed by atoms with Crippen molar-refractivity contribution in [2.75, 3.05) is 18.8 Å². The molecule has 1 aromatic rings. The molecular weight excluding hydrogens is 314 g/mol. The molecule has 1 amide bonds. The molecule has 1 saturated heterocycles. The first kappa shape index (κ1) is 16.1. The summed E-state index contributed by atoms with van der Waals surface area (Å²) in [5.41, 5.74) is 0. The molecule has 114 valence electrons. The Hall–Kier alpha value is -1.24. The summed E-state index contributed by atoms with van der Waals surface area (Å²) in [4.78, 5) is 25.6. The fraction of sp³-hybridized carbons (Fsp3) is 0.429. The van der Waals surface area contributed by atoms with E-state index in [0.717, 1.165) is 4.90 Å². The van der Waals surface area contributed by atoms with E-state index in [9.17, 15) is 9.59 Å². The maximum Gasteiger partial charge on any atom is 0.334 e. The molecule has 0 spiro atoms. The number of nitrogens with zero attached hydrogens (tertiary/aromatic N) is 1. The first-order chi connectivity index (χ1) is 9.97. The van der Waals surface area contributed by atoms with Gasteiger partial charge in [0.2, 0.25) is 5.91 Å². The van der Waals surface area contributed by atoms with Crippen molar-refractivity contribution < 1.29 is 19.4 Å². The van der Waals surface area contributed by atoms with Gasteiger partial charge in [-0.3, -0.25) is 4.79 Å². The van der Waals surface area contributed by atoms with Crippen molar-refractivity contribution in [2.45, 2.75) is 24.0 Å². The summed E-state index contributed by atoms with van der Waals surface area (Å²) in [5.74, 6) is -0.928. The number of hydrogen-bond acceptors (Lipinski definition) is 4. The Labute approximate surface area is 132 Å². The van der Waals surface area contributed by atoms with E-state index in [1.165, 1.54) is 16.7 Å². The first-order valence-electron chi connectivity index (χ1n) is 6.50. The van der Waals surface area contributed by atoms with Crippen LogP contribution in [0.25, 0.3) is 0 Å². The number of carboxylic acids is 1. The van der Waals surface area contributed by atoms with Gasteiger partial charge >= 0.3 is 5.97 Å². The minimum absolute atomic E-state index is 0.0849. The number of hydrogen-bond donors (Lipinski definition) is 1. The molecule has 1 unspecified atom stereocenters. The number of thioether (sulfide) groups is 1. The van der Waals surface area contributed by atoms with Crippen LogP contribution in [0.3, 0.4) is 0 Å². The molecule has 2 rings (SSSR count). The predicted octanol–water partition coefficient (Wildman–Crippen LogP) is 2.13. The molecule has 0 aliphatic carbocycles. The van der Waals surface area contributed by atoms with Gasteiger partial charge in [-0.15, -0.1) is 11.8 Å². The molecule has 0 bridgehead atoms. The monoisotopic (exact) mass is 329 g/mol. The summed E-state index contributed by atoms with van der Waals surface area (Å²) in [6, 6.07) is 7.30. The van der Waals surface area contributed by atoms with Crippen molar-refractivity contribution >= 4 is 35.2 Å². The quantitative estimate of drug-likeness (QED) is 0.857. The van der Waals surface area contributed by atoms with E-state index in [4.69, 9.17) is 21.4 Å². The van der Waals surface area contributed by atoms with E-state index in [1.54, 1.807) is 13.0 Å². The Balaban J connectivity index is 1.93. The average Bonchev–Trinajstić information content (AvgIpc) is 2.45. The van der Waals surface area contributed by atoms with Gasteiger partial charge in [0.05, 0.1) is 23.4 Å². The third kappa shape index (κ3) is 4.36. The SMILES string of the molecule is C[C@@H]1CN(C(=O)CSc2ccccc2Cl)CC(C(=O)O)O1. The zero-order valence-electron chi connectivity index (χ0n) is 11.5. The lowest BCUT2D eigenvalue weighted by Gasteiger charge is -2.34.